The van der Waals surface area contributed by atoms with Crippen LogP contribution in [0.3, 0.4) is 0 Å². The van der Waals surface area contributed by atoms with Crippen molar-refractivity contribution in [1.29, 1.82) is 0 Å². The molecule has 1 amide bonds. The molecular weight excluding hydrogens is 360 g/mol. The molecule has 3 rings (SSSR count). The molecule has 2 aliphatic rings. The van der Waals surface area contributed by atoms with E-state index in [9.17, 15) is 9.90 Å². The van der Waals surface area contributed by atoms with E-state index in [-0.39, 0.29) is 23.0 Å². The average molecular weight is 381 g/mol. The second-order valence-electron chi connectivity index (χ2n) is 6.62. The number of nitrogens with zero attached hydrogens (tertiary/aromatic N) is 1. The van der Waals surface area contributed by atoms with Crippen LogP contribution in [0.25, 0.3) is 0 Å². The highest BCUT2D eigenvalue weighted by Gasteiger charge is 2.64. The number of carbonyl (C=O) groups is 1. The zero-order valence-corrected chi connectivity index (χ0v) is 14.9. The highest BCUT2D eigenvalue weighted by molar-refractivity contribution is 9.10. The van der Waals surface area contributed by atoms with E-state index in [0.717, 1.165) is 18.4 Å². The van der Waals surface area contributed by atoms with Gasteiger partial charge in [-0.05, 0) is 57.8 Å². The van der Waals surface area contributed by atoms with Crippen molar-refractivity contribution in [2.45, 2.75) is 32.6 Å². The van der Waals surface area contributed by atoms with Crippen molar-refractivity contribution in [3.05, 3.63) is 22.2 Å². The molecule has 0 unspecified atom stereocenters. The number of ether oxygens (including phenoxy) is 1. The van der Waals surface area contributed by atoms with Crippen LogP contribution < -0.4 is 10.2 Å². The summed E-state index contributed by atoms with van der Waals surface area (Å²) in [7, 11) is 1.49. The number of benzene rings is 1. The second-order valence-corrected chi connectivity index (χ2v) is 7.48. The standard InChI is InChI=1S/C17H21BrN2O3/c1-17-6-4-3-5-11(17)14(17)16(22)20-19-9-10-7-12(18)15(21)13(8-10)23-2/h7-9,11,14,21H,3-6H2,1-2H3,(H,20,22)/t11-,14+,17+/m1/s1. The zero-order chi connectivity index (χ0) is 16.6. The largest absolute Gasteiger partial charge is 0.503 e. The lowest BCUT2D eigenvalue weighted by atomic mass is 9.90. The number of rotatable bonds is 4. The molecule has 6 heteroatoms. The molecule has 2 aliphatic carbocycles. The summed E-state index contributed by atoms with van der Waals surface area (Å²) in [5.41, 5.74) is 3.57. The van der Waals surface area contributed by atoms with Gasteiger partial charge in [-0.3, -0.25) is 4.79 Å². The van der Waals surface area contributed by atoms with Gasteiger partial charge in [0.15, 0.2) is 11.5 Å². The Morgan fingerprint density at radius 1 is 1.52 bits per heavy atom. The van der Waals surface area contributed by atoms with Crippen LogP contribution in [0.15, 0.2) is 21.7 Å². The summed E-state index contributed by atoms with van der Waals surface area (Å²) in [5.74, 6) is 1.04. The number of hydrazone groups is 1. The maximum atomic E-state index is 12.3. The fourth-order valence-electron chi connectivity index (χ4n) is 3.91. The van der Waals surface area contributed by atoms with Gasteiger partial charge in [0.1, 0.15) is 0 Å². The quantitative estimate of drug-likeness (QED) is 0.620. The lowest BCUT2D eigenvalue weighted by molar-refractivity contribution is -0.123. The Bertz CT molecular complexity index is 661. The third kappa shape index (κ3) is 2.96. The van der Waals surface area contributed by atoms with E-state index in [2.05, 4.69) is 33.4 Å². The number of amides is 1. The molecule has 0 saturated heterocycles. The molecule has 1 aromatic rings. The molecule has 2 saturated carbocycles. The van der Waals surface area contributed by atoms with E-state index < -0.39 is 0 Å². The molecule has 0 radical (unpaired) electrons. The molecule has 3 atom stereocenters. The second kappa shape index (κ2) is 6.15. The lowest BCUT2D eigenvalue weighted by Gasteiger charge is -2.15. The highest BCUT2D eigenvalue weighted by atomic mass is 79.9. The molecule has 2 N–H and O–H groups in total. The molecule has 124 valence electrons. The predicted molar refractivity (Wildman–Crippen MR) is 91.7 cm³/mol. The number of phenols is 1. The predicted octanol–water partition coefficient (Wildman–Crippen LogP) is 3.44. The number of phenolic OH excluding ortho intramolecular Hbond substituents is 1. The van der Waals surface area contributed by atoms with Gasteiger partial charge in [-0.1, -0.05) is 19.8 Å². The van der Waals surface area contributed by atoms with Crippen LogP contribution in [0.1, 0.15) is 38.2 Å². The van der Waals surface area contributed by atoms with E-state index in [1.165, 1.54) is 20.0 Å². The van der Waals surface area contributed by atoms with Gasteiger partial charge in [-0.25, -0.2) is 5.43 Å². The van der Waals surface area contributed by atoms with E-state index in [1.807, 2.05) is 0 Å². The van der Waals surface area contributed by atoms with Gasteiger partial charge < -0.3 is 9.84 Å². The molecule has 0 heterocycles. The number of methoxy groups -OCH3 is 1. The number of fused-ring (bicyclic) bond motifs is 1. The first-order valence-electron chi connectivity index (χ1n) is 7.87. The number of aromatic hydroxyl groups is 1. The van der Waals surface area contributed by atoms with E-state index >= 15 is 0 Å². The van der Waals surface area contributed by atoms with E-state index in [0.29, 0.717) is 16.1 Å². The Labute approximate surface area is 144 Å². The van der Waals surface area contributed by atoms with Gasteiger partial charge in [0.25, 0.3) is 0 Å². The summed E-state index contributed by atoms with van der Waals surface area (Å²) >= 11 is 3.26. The van der Waals surface area contributed by atoms with Crippen LogP contribution in [0, 0.1) is 17.3 Å². The van der Waals surface area contributed by atoms with Gasteiger partial charge in [-0.2, -0.15) is 5.10 Å². The van der Waals surface area contributed by atoms with Crippen LogP contribution in [0.4, 0.5) is 0 Å². The zero-order valence-electron chi connectivity index (χ0n) is 13.3. The Hall–Kier alpha value is -1.56. The molecular formula is C17H21BrN2O3. The number of halogens is 1. The van der Waals surface area contributed by atoms with Crippen molar-refractivity contribution in [2.75, 3.05) is 7.11 Å². The Balaban J connectivity index is 1.63. The summed E-state index contributed by atoms with van der Waals surface area (Å²) in [6.07, 6.45) is 6.30. The monoisotopic (exact) mass is 380 g/mol. The van der Waals surface area contributed by atoms with Crippen molar-refractivity contribution in [3.63, 3.8) is 0 Å². The van der Waals surface area contributed by atoms with E-state index in [4.69, 9.17) is 4.74 Å². The third-order valence-corrected chi connectivity index (χ3v) is 5.88. The molecule has 23 heavy (non-hydrogen) atoms. The highest BCUT2D eigenvalue weighted by Crippen LogP contribution is 2.66. The van der Waals surface area contributed by atoms with Crippen LogP contribution in [0.5, 0.6) is 11.5 Å². The first-order chi connectivity index (χ1) is 11.0. The summed E-state index contributed by atoms with van der Waals surface area (Å²) in [6, 6.07) is 3.37. The minimum Gasteiger partial charge on any atom is -0.503 e. The minimum absolute atomic E-state index is 0.0143. The average Bonchev–Trinajstić information content (AvgIpc) is 3.16. The maximum absolute atomic E-state index is 12.3. The van der Waals surface area contributed by atoms with Gasteiger partial charge in [0.05, 0.1) is 17.8 Å². The topological polar surface area (TPSA) is 70.9 Å². The van der Waals surface area contributed by atoms with Crippen molar-refractivity contribution in [3.8, 4) is 11.5 Å². The van der Waals surface area contributed by atoms with Crippen LogP contribution in [-0.2, 0) is 4.79 Å². The molecule has 0 aromatic heterocycles. The first-order valence-corrected chi connectivity index (χ1v) is 8.66. The van der Waals surface area contributed by atoms with E-state index in [1.54, 1.807) is 18.3 Å². The Morgan fingerprint density at radius 2 is 2.30 bits per heavy atom. The number of carbonyl (C=O) groups excluding carboxylic acids is 1. The SMILES string of the molecule is COc1cc(C=NNC(=O)[C@@H]2[C@H]3CCCC[C@@]32C)cc(Br)c1O. The minimum atomic E-state index is 0.0143. The summed E-state index contributed by atoms with van der Waals surface area (Å²) in [6.45, 7) is 2.22. The molecule has 2 fully saturated rings. The summed E-state index contributed by atoms with van der Waals surface area (Å²) in [4.78, 5) is 12.3. The molecule has 0 aliphatic heterocycles. The number of hydrogen-bond acceptors (Lipinski definition) is 4. The van der Waals surface area contributed by atoms with Gasteiger partial charge in [0, 0.05) is 5.92 Å². The number of hydrogen-bond donors (Lipinski definition) is 2. The maximum Gasteiger partial charge on any atom is 0.244 e. The van der Waals surface area contributed by atoms with Crippen molar-refractivity contribution in [2.24, 2.45) is 22.4 Å². The fourth-order valence-corrected chi connectivity index (χ4v) is 4.37. The first kappa shape index (κ1) is 16.3. The van der Waals surface area contributed by atoms with Gasteiger partial charge >= 0.3 is 0 Å². The lowest BCUT2D eigenvalue weighted by Crippen LogP contribution is -2.22. The Morgan fingerprint density at radius 3 is 2.96 bits per heavy atom. The van der Waals surface area contributed by atoms with Crippen LogP contribution in [-0.4, -0.2) is 24.3 Å². The normalized spacial score (nSPS) is 29.2. The van der Waals surface area contributed by atoms with Crippen molar-refractivity contribution >= 4 is 28.1 Å². The smallest absolute Gasteiger partial charge is 0.244 e. The fraction of sp³-hybridized carbons (Fsp3) is 0.529. The Kier molecular flexibility index (Phi) is 4.36. The molecule has 0 spiro atoms. The molecule has 1 aromatic carbocycles. The summed E-state index contributed by atoms with van der Waals surface area (Å²) in [5, 5.41) is 13.8. The van der Waals surface area contributed by atoms with Crippen molar-refractivity contribution in [1.82, 2.24) is 5.43 Å². The third-order valence-electron chi connectivity index (χ3n) is 5.27. The van der Waals surface area contributed by atoms with Crippen molar-refractivity contribution < 1.29 is 14.6 Å². The van der Waals surface area contributed by atoms with Gasteiger partial charge in [-0.15, -0.1) is 0 Å². The summed E-state index contributed by atoms with van der Waals surface area (Å²) < 4.78 is 5.61. The van der Waals surface area contributed by atoms with Crippen LogP contribution in [0.2, 0.25) is 0 Å². The number of nitrogens with one attached hydrogen (secondary N) is 1. The molecule has 0 bridgehead atoms. The van der Waals surface area contributed by atoms with Crippen LogP contribution >= 0.6 is 15.9 Å². The molecule has 5 nitrogen and oxygen atoms in total. The van der Waals surface area contributed by atoms with Gasteiger partial charge in [0.2, 0.25) is 5.91 Å².